The molecule has 0 bridgehead atoms. The summed E-state index contributed by atoms with van der Waals surface area (Å²) in [5.74, 6) is -4.86. The molecule has 0 aromatic heterocycles. The van der Waals surface area contributed by atoms with Crippen LogP contribution in [0.4, 0.5) is 13.2 Å². The van der Waals surface area contributed by atoms with Gasteiger partial charge in [0.1, 0.15) is 17.3 Å². The highest BCUT2D eigenvalue weighted by molar-refractivity contribution is 7.87. The van der Waals surface area contributed by atoms with Gasteiger partial charge < -0.3 is 13.3 Å². The standard InChI is InChI=1S/C9H20O4SSi.C7H16O4SSi.C6H11F3O4SSi/c1-4-5-6-15(2,3)13-9-7-12-14(10,11)8-9;1-4-13(2,3)11-7-5-10-12(8,9)6-7;1-15(2,6(7,8)9)13-5-3-12-14(10,11)4-5/h9H,4-8H2,1-3H3;7H,4-6H2,1-3H3;5H,3-4H2,1-2H3. The summed E-state index contributed by atoms with van der Waals surface area (Å²) in [7, 11) is -17.5. The third-order valence-electron chi connectivity index (χ3n) is 6.57. The van der Waals surface area contributed by atoms with Crippen LogP contribution in [-0.4, -0.2) is 111 Å². The van der Waals surface area contributed by atoms with E-state index < -0.39 is 73.0 Å². The van der Waals surface area contributed by atoms with Crippen LogP contribution in [0.5, 0.6) is 0 Å². The molecule has 3 saturated heterocycles. The number of alkyl halides is 3. The van der Waals surface area contributed by atoms with Crippen LogP contribution in [0.3, 0.4) is 0 Å². The van der Waals surface area contributed by atoms with E-state index in [2.05, 4.69) is 52.6 Å². The minimum atomic E-state index is -4.40. The lowest BCUT2D eigenvalue weighted by Gasteiger charge is -2.27. The van der Waals surface area contributed by atoms with Crippen molar-refractivity contribution < 1.29 is 64.3 Å². The van der Waals surface area contributed by atoms with Crippen molar-refractivity contribution >= 4 is 55.3 Å². The van der Waals surface area contributed by atoms with Crippen molar-refractivity contribution in [3.8, 4) is 0 Å². The SMILES string of the molecule is CCCC[Si](C)(C)OC1COS(=O)(=O)C1.CC[Si](C)(C)OC1COS(=O)(=O)C1.C[Si](C)(OC1COS(=O)(=O)C1)C(F)(F)F. The van der Waals surface area contributed by atoms with Crippen LogP contribution in [0.15, 0.2) is 0 Å². The molecule has 0 spiro atoms. The van der Waals surface area contributed by atoms with E-state index in [4.69, 9.17) is 13.3 Å². The molecule has 3 aliphatic rings. The van der Waals surface area contributed by atoms with Gasteiger partial charge in [-0.3, -0.25) is 12.5 Å². The zero-order chi connectivity index (χ0) is 33.5. The quantitative estimate of drug-likeness (QED) is 0.237. The fourth-order valence-electron chi connectivity index (χ4n) is 3.85. The monoisotopic (exact) mass is 740 g/mol. The van der Waals surface area contributed by atoms with Gasteiger partial charge in [0, 0.05) is 0 Å². The van der Waals surface area contributed by atoms with Crippen molar-refractivity contribution in [1.29, 1.82) is 0 Å². The summed E-state index contributed by atoms with van der Waals surface area (Å²) in [6, 6.07) is 2.07. The van der Waals surface area contributed by atoms with E-state index in [0.29, 0.717) is 0 Å². The fourth-order valence-corrected chi connectivity index (χ4v) is 12.1. The van der Waals surface area contributed by atoms with Crippen LogP contribution in [0.1, 0.15) is 26.7 Å². The molecule has 0 amide bonds. The number of halogens is 3. The van der Waals surface area contributed by atoms with Crippen molar-refractivity contribution in [2.45, 2.75) is 102 Å². The molecule has 0 aromatic rings. The first-order valence-corrected chi connectivity index (χ1v) is 27.8. The summed E-state index contributed by atoms with van der Waals surface area (Å²) in [6.07, 6.45) is 0.817. The van der Waals surface area contributed by atoms with E-state index in [0.717, 1.165) is 38.0 Å². The second-order valence-electron chi connectivity index (χ2n) is 12.2. The van der Waals surface area contributed by atoms with E-state index in [-0.39, 0.29) is 43.5 Å². The Labute approximate surface area is 258 Å². The van der Waals surface area contributed by atoms with Crippen LogP contribution >= 0.6 is 0 Å². The highest BCUT2D eigenvalue weighted by atomic mass is 32.2. The zero-order valence-corrected chi connectivity index (χ0v) is 31.5. The summed E-state index contributed by atoms with van der Waals surface area (Å²) < 4.78 is 133. The Balaban J connectivity index is 0.000000324. The first kappa shape index (κ1) is 41.1. The number of hydrogen-bond donors (Lipinski definition) is 0. The Bertz CT molecular complexity index is 1210. The molecule has 0 saturated carbocycles. The maximum Gasteiger partial charge on any atom is 0.388 e. The van der Waals surface area contributed by atoms with Crippen molar-refractivity contribution in [3.63, 3.8) is 0 Å². The lowest BCUT2D eigenvalue weighted by atomic mass is 10.4. The Hall–Kier alpha value is 0.0506. The van der Waals surface area contributed by atoms with Gasteiger partial charge in [-0.1, -0.05) is 26.7 Å². The van der Waals surface area contributed by atoms with Crippen LogP contribution < -0.4 is 0 Å². The molecule has 3 unspecified atom stereocenters. The molecule has 43 heavy (non-hydrogen) atoms. The van der Waals surface area contributed by atoms with E-state index in [1.165, 1.54) is 0 Å². The largest absolute Gasteiger partial charge is 0.411 e. The van der Waals surface area contributed by atoms with Gasteiger partial charge in [0.05, 0.1) is 38.1 Å². The normalized spacial score (nSPS) is 26.7. The van der Waals surface area contributed by atoms with Gasteiger partial charge in [-0.05, 0) is 51.4 Å². The maximum absolute atomic E-state index is 12.4. The van der Waals surface area contributed by atoms with Crippen LogP contribution in [-0.2, 0) is 56.2 Å². The number of unbranched alkanes of at least 4 members (excludes halogenated alkanes) is 1. The highest BCUT2D eigenvalue weighted by Crippen LogP contribution is 2.31. The Morgan fingerprint density at radius 1 is 0.651 bits per heavy atom. The molecule has 3 rings (SSSR count). The summed E-state index contributed by atoms with van der Waals surface area (Å²) in [5.41, 5.74) is 0. The molecule has 0 aliphatic carbocycles. The second kappa shape index (κ2) is 15.8. The molecule has 3 aliphatic heterocycles. The number of hydrogen-bond acceptors (Lipinski definition) is 12. The molecule has 21 heteroatoms. The first-order valence-electron chi connectivity index (χ1n) is 13.9. The predicted molar refractivity (Wildman–Crippen MR) is 163 cm³/mol. The Kier molecular flexibility index (Phi) is 15.1. The average Bonchev–Trinajstić information content (AvgIpc) is 3.46. The van der Waals surface area contributed by atoms with E-state index in [9.17, 15) is 38.4 Å². The van der Waals surface area contributed by atoms with Crippen molar-refractivity contribution in [1.82, 2.24) is 0 Å². The minimum Gasteiger partial charge on any atom is -0.411 e. The molecular formula is C22H47F3O12S3Si3. The van der Waals surface area contributed by atoms with Crippen LogP contribution in [0.2, 0.25) is 51.4 Å². The molecule has 12 nitrogen and oxygen atoms in total. The van der Waals surface area contributed by atoms with Crippen molar-refractivity contribution in [3.05, 3.63) is 0 Å². The zero-order valence-electron chi connectivity index (χ0n) is 26.1. The van der Waals surface area contributed by atoms with Crippen LogP contribution in [0.25, 0.3) is 0 Å². The minimum absolute atomic E-state index is 0.0173. The van der Waals surface area contributed by atoms with Gasteiger partial charge in [-0.15, -0.1) is 0 Å². The lowest BCUT2D eigenvalue weighted by Crippen LogP contribution is -2.50. The number of rotatable bonds is 10. The molecule has 0 radical (unpaired) electrons. The van der Waals surface area contributed by atoms with Gasteiger partial charge in [0.2, 0.25) is 0 Å². The van der Waals surface area contributed by atoms with E-state index in [1.807, 2.05) is 0 Å². The van der Waals surface area contributed by atoms with Gasteiger partial charge in [0.25, 0.3) is 30.4 Å². The summed E-state index contributed by atoms with van der Waals surface area (Å²) >= 11 is 0. The average molecular weight is 741 g/mol. The summed E-state index contributed by atoms with van der Waals surface area (Å²) in [6.45, 7) is 14.7. The van der Waals surface area contributed by atoms with Crippen molar-refractivity contribution in [2.24, 2.45) is 0 Å². The predicted octanol–water partition coefficient (Wildman–Crippen LogP) is 3.73. The molecule has 0 aromatic carbocycles. The van der Waals surface area contributed by atoms with Crippen LogP contribution in [0, 0.1) is 0 Å². The van der Waals surface area contributed by atoms with E-state index in [1.54, 1.807) is 0 Å². The third kappa shape index (κ3) is 15.9. The van der Waals surface area contributed by atoms with Crippen molar-refractivity contribution in [2.75, 3.05) is 37.1 Å². The lowest BCUT2D eigenvalue weighted by molar-refractivity contribution is -0.0769. The van der Waals surface area contributed by atoms with Gasteiger partial charge >= 0.3 is 14.1 Å². The van der Waals surface area contributed by atoms with Gasteiger partial charge in [-0.25, -0.2) is 0 Å². The highest BCUT2D eigenvalue weighted by Gasteiger charge is 2.54. The fraction of sp³-hybridized carbons (Fsp3) is 1.00. The summed E-state index contributed by atoms with van der Waals surface area (Å²) in [5, 5.41) is 0. The second-order valence-corrected chi connectivity index (χ2v) is 29.8. The molecule has 0 N–H and O–H groups in total. The van der Waals surface area contributed by atoms with E-state index >= 15 is 0 Å². The molecule has 3 fully saturated rings. The smallest absolute Gasteiger partial charge is 0.388 e. The molecule has 258 valence electrons. The van der Waals surface area contributed by atoms with Gasteiger partial charge in [-0.2, -0.15) is 38.4 Å². The molecular weight excluding hydrogens is 694 g/mol. The maximum atomic E-state index is 12.4. The third-order valence-corrected chi connectivity index (χ3v) is 17.9. The topological polar surface area (TPSA) is 158 Å². The Morgan fingerprint density at radius 3 is 1.28 bits per heavy atom. The Morgan fingerprint density at radius 2 is 1.00 bits per heavy atom. The van der Waals surface area contributed by atoms with Gasteiger partial charge in [0.15, 0.2) is 16.6 Å². The summed E-state index contributed by atoms with van der Waals surface area (Å²) in [4.78, 5) is 0. The first-order chi connectivity index (χ1) is 19.2. The molecule has 3 heterocycles. The molecule has 3 atom stereocenters.